The molecule has 3 unspecified atom stereocenters. The van der Waals surface area contributed by atoms with Gasteiger partial charge in [0.1, 0.15) is 0 Å². The number of nitrogens with one attached hydrogen (secondary N) is 1. The van der Waals surface area contributed by atoms with Gasteiger partial charge < -0.3 is 10.2 Å². The first-order valence-corrected chi connectivity index (χ1v) is 8.33. The van der Waals surface area contributed by atoms with Crippen LogP contribution in [0.25, 0.3) is 0 Å². The first-order chi connectivity index (χ1) is 8.76. The van der Waals surface area contributed by atoms with Crippen LogP contribution in [-0.2, 0) is 0 Å². The van der Waals surface area contributed by atoms with Crippen molar-refractivity contribution in [3.05, 3.63) is 0 Å². The molecule has 0 aromatic rings. The van der Waals surface area contributed by atoms with Crippen LogP contribution in [0.15, 0.2) is 4.99 Å². The molecule has 3 heterocycles. The first-order valence-electron chi connectivity index (χ1n) is 7.46. The van der Waals surface area contributed by atoms with Crippen molar-refractivity contribution in [2.45, 2.75) is 68.8 Å². The van der Waals surface area contributed by atoms with Crippen molar-refractivity contribution in [1.82, 2.24) is 10.2 Å². The lowest BCUT2D eigenvalue weighted by Gasteiger charge is -2.47. The van der Waals surface area contributed by atoms with E-state index < -0.39 is 0 Å². The smallest absolute Gasteiger partial charge is 0.157 e. The van der Waals surface area contributed by atoms with Crippen LogP contribution in [0.2, 0.25) is 0 Å². The first kappa shape index (κ1) is 12.8. The largest absolute Gasteiger partial charge is 0.362 e. The summed E-state index contributed by atoms with van der Waals surface area (Å²) in [5.74, 6) is 0. The van der Waals surface area contributed by atoms with E-state index in [0.717, 1.165) is 23.9 Å². The number of hydrogen-bond acceptors (Lipinski definition) is 4. The number of rotatable bonds is 2. The Balaban J connectivity index is 1.55. The van der Waals surface area contributed by atoms with Crippen molar-refractivity contribution < 1.29 is 0 Å². The van der Waals surface area contributed by atoms with Crippen molar-refractivity contribution in [2.75, 3.05) is 13.6 Å². The van der Waals surface area contributed by atoms with Crippen LogP contribution in [0.1, 0.15) is 45.4 Å². The summed E-state index contributed by atoms with van der Waals surface area (Å²) in [6.45, 7) is 3.28. The summed E-state index contributed by atoms with van der Waals surface area (Å²) in [4.78, 5) is 7.28. The van der Waals surface area contributed by atoms with Crippen LogP contribution < -0.4 is 5.32 Å². The molecule has 0 spiro atoms. The molecule has 0 radical (unpaired) electrons. The number of piperidine rings is 2. The minimum Gasteiger partial charge on any atom is -0.362 e. The van der Waals surface area contributed by atoms with Crippen molar-refractivity contribution in [1.29, 1.82) is 0 Å². The molecule has 0 aliphatic carbocycles. The number of hydrogen-bond donors (Lipinski definition) is 1. The maximum atomic E-state index is 4.65. The van der Waals surface area contributed by atoms with Gasteiger partial charge in [-0.15, -0.1) is 0 Å². The highest BCUT2D eigenvalue weighted by atomic mass is 32.2. The second-order valence-electron chi connectivity index (χ2n) is 6.01. The molecule has 18 heavy (non-hydrogen) atoms. The average Bonchev–Trinajstić information content (AvgIpc) is 2.78. The van der Waals surface area contributed by atoms with E-state index in [1.807, 2.05) is 11.8 Å². The predicted molar refractivity (Wildman–Crippen MR) is 79.3 cm³/mol. The highest BCUT2D eigenvalue weighted by Crippen LogP contribution is 2.33. The standard InChI is InChI=1S/C14H25N3S/c1-3-13-9-15-14(18-13)16-10-7-11-5-4-6-12(8-10)17(11)2/h10-13H,3-9H2,1-2H3,(H,15,16). The fourth-order valence-electron chi connectivity index (χ4n) is 3.62. The molecule has 0 saturated carbocycles. The molecule has 3 atom stereocenters. The zero-order valence-corrected chi connectivity index (χ0v) is 12.4. The van der Waals surface area contributed by atoms with Crippen LogP contribution in [0, 0.1) is 0 Å². The third-order valence-electron chi connectivity index (χ3n) is 4.84. The molecule has 2 saturated heterocycles. The summed E-state index contributed by atoms with van der Waals surface area (Å²) >= 11 is 1.96. The molecule has 4 heteroatoms. The Morgan fingerprint density at radius 2 is 2.06 bits per heavy atom. The molecule has 3 nitrogen and oxygen atoms in total. The highest BCUT2D eigenvalue weighted by Gasteiger charge is 2.36. The SMILES string of the molecule is CCC1CN=C(NC2CC3CCCC(C2)N3C)S1. The third-order valence-corrected chi connectivity index (χ3v) is 6.13. The van der Waals surface area contributed by atoms with Crippen LogP contribution in [-0.4, -0.2) is 47.0 Å². The molecular weight excluding hydrogens is 242 g/mol. The molecule has 3 aliphatic rings. The van der Waals surface area contributed by atoms with Gasteiger partial charge in [-0.3, -0.25) is 4.99 Å². The maximum absolute atomic E-state index is 4.65. The Labute approximate surface area is 115 Å². The van der Waals surface area contributed by atoms with Crippen molar-refractivity contribution in [3.8, 4) is 0 Å². The summed E-state index contributed by atoms with van der Waals surface area (Å²) in [7, 11) is 2.32. The van der Waals surface area contributed by atoms with E-state index in [1.165, 1.54) is 43.7 Å². The monoisotopic (exact) mass is 267 g/mol. The zero-order valence-electron chi connectivity index (χ0n) is 11.6. The lowest BCUT2D eigenvalue weighted by atomic mass is 9.82. The Bertz CT molecular complexity index is 317. The van der Waals surface area contributed by atoms with Crippen molar-refractivity contribution in [2.24, 2.45) is 4.99 Å². The van der Waals surface area contributed by atoms with Gasteiger partial charge in [0.2, 0.25) is 0 Å². The normalized spacial score (nSPS) is 40.7. The molecule has 0 aromatic carbocycles. The van der Waals surface area contributed by atoms with Crippen LogP contribution in [0.4, 0.5) is 0 Å². The highest BCUT2D eigenvalue weighted by molar-refractivity contribution is 8.14. The topological polar surface area (TPSA) is 27.6 Å². The summed E-state index contributed by atoms with van der Waals surface area (Å²) in [5.41, 5.74) is 0. The Hall–Kier alpha value is -0.220. The van der Waals surface area contributed by atoms with E-state index in [1.54, 1.807) is 0 Å². The Morgan fingerprint density at radius 3 is 2.67 bits per heavy atom. The maximum Gasteiger partial charge on any atom is 0.157 e. The average molecular weight is 267 g/mol. The Kier molecular flexibility index (Phi) is 3.85. The van der Waals surface area contributed by atoms with Gasteiger partial charge in [0.05, 0.1) is 6.54 Å². The van der Waals surface area contributed by atoms with Gasteiger partial charge in [0.15, 0.2) is 5.17 Å². The molecule has 102 valence electrons. The minimum atomic E-state index is 0.665. The third kappa shape index (κ3) is 2.55. The summed E-state index contributed by atoms with van der Waals surface area (Å²) in [5, 5.41) is 5.66. The van der Waals surface area contributed by atoms with E-state index in [0.29, 0.717) is 6.04 Å². The van der Waals surface area contributed by atoms with Gasteiger partial charge >= 0.3 is 0 Å². The lowest BCUT2D eigenvalue weighted by Crippen LogP contribution is -2.55. The second kappa shape index (κ2) is 5.41. The van der Waals surface area contributed by atoms with Crippen molar-refractivity contribution in [3.63, 3.8) is 0 Å². The lowest BCUT2D eigenvalue weighted by molar-refractivity contribution is 0.0530. The van der Waals surface area contributed by atoms with E-state index in [2.05, 4.69) is 29.2 Å². The van der Waals surface area contributed by atoms with Gasteiger partial charge in [-0.25, -0.2) is 0 Å². The summed E-state index contributed by atoms with van der Waals surface area (Å²) in [6, 6.07) is 2.28. The van der Waals surface area contributed by atoms with Gasteiger partial charge in [-0.2, -0.15) is 0 Å². The zero-order chi connectivity index (χ0) is 12.5. The molecule has 0 amide bonds. The number of thioether (sulfide) groups is 1. The molecule has 1 N–H and O–H groups in total. The molecule has 3 rings (SSSR count). The van der Waals surface area contributed by atoms with E-state index in [4.69, 9.17) is 0 Å². The Morgan fingerprint density at radius 1 is 1.33 bits per heavy atom. The fourth-order valence-corrected chi connectivity index (χ4v) is 4.63. The quantitative estimate of drug-likeness (QED) is 0.833. The van der Waals surface area contributed by atoms with Gasteiger partial charge in [-0.05, 0) is 39.2 Å². The molecule has 2 bridgehead atoms. The second-order valence-corrected chi connectivity index (χ2v) is 7.30. The van der Waals surface area contributed by atoms with Crippen LogP contribution in [0.3, 0.4) is 0 Å². The molecule has 0 aromatic heterocycles. The molecular formula is C14H25N3S. The minimum absolute atomic E-state index is 0.665. The van der Waals surface area contributed by atoms with Gasteiger partial charge in [0.25, 0.3) is 0 Å². The van der Waals surface area contributed by atoms with Gasteiger partial charge in [0, 0.05) is 23.4 Å². The summed E-state index contributed by atoms with van der Waals surface area (Å²) < 4.78 is 0. The number of aliphatic imine (C=N–C) groups is 1. The summed E-state index contributed by atoms with van der Waals surface area (Å²) in [6.07, 6.45) is 8.06. The van der Waals surface area contributed by atoms with Gasteiger partial charge in [-0.1, -0.05) is 25.1 Å². The number of amidine groups is 1. The molecule has 3 aliphatic heterocycles. The van der Waals surface area contributed by atoms with E-state index >= 15 is 0 Å². The number of fused-ring (bicyclic) bond motifs is 2. The van der Waals surface area contributed by atoms with E-state index in [9.17, 15) is 0 Å². The fraction of sp³-hybridized carbons (Fsp3) is 0.929. The van der Waals surface area contributed by atoms with Crippen LogP contribution >= 0.6 is 11.8 Å². The van der Waals surface area contributed by atoms with Crippen LogP contribution in [0.5, 0.6) is 0 Å². The number of nitrogens with zero attached hydrogens (tertiary/aromatic N) is 2. The molecule has 2 fully saturated rings. The predicted octanol–water partition coefficient (Wildman–Crippen LogP) is 2.47. The van der Waals surface area contributed by atoms with E-state index in [-0.39, 0.29) is 0 Å². The van der Waals surface area contributed by atoms with Crippen molar-refractivity contribution >= 4 is 16.9 Å².